The predicted molar refractivity (Wildman–Crippen MR) is 117 cm³/mol. The van der Waals surface area contributed by atoms with Gasteiger partial charge in [-0.1, -0.05) is 12.2 Å². The summed E-state index contributed by atoms with van der Waals surface area (Å²) in [7, 11) is -1.84. The Morgan fingerprint density at radius 3 is 2.42 bits per heavy atom. The summed E-state index contributed by atoms with van der Waals surface area (Å²) in [5.41, 5.74) is 2.30. The fourth-order valence-corrected chi connectivity index (χ4v) is 5.71. The third kappa shape index (κ3) is 4.29. The highest BCUT2D eigenvalue weighted by atomic mass is 32.2. The maximum atomic E-state index is 13.2. The zero-order valence-electron chi connectivity index (χ0n) is 18.3. The van der Waals surface area contributed by atoms with Gasteiger partial charge in [0.15, 0.2) is 5.03 Å². The minimum atomic E-state index is -3.62. The van der Waals surface area contributed by atoms with E-state index in [0.29, 0.717) is 50.4 Å². The molecule has 8 nitrogen and oxygen atoms in total. The van der Waals surface area contributed by atoms with Crippen LogP contribution in [-0.2, 0) is 17.1 Å². The first kappa shape index (κ1) is 21.7. The number of sulfonamides is 1. The monoisotopic (exact) mass is 443 g/mol. The Bertz CT molecular complexity index is 1090. The highest BCUT2D eigenvalue weighted by molar-refractivity contribution is 7.89. The molecule has 0 bridgehead atoms. The largest absolute Gasteiger partial charge is 0.337 e. The number of hydrogen-bond acceptors (Lipinski definition) is 5. The molecule has 1 fully saturated rings. The number of aromatic nitrogens is 3. The first-order chi connectivity index (χ1) is 14.8. The summed E-state index contributed by atoms with van der Waals surface area (Å²) in [6.07, 6.45) is 7.79. The van der Waals surface area contributed by atoms with Gasteiger partial charge < -0.3 is 9.47 Å². The summed E-state index contributed by atoms with van der Waals surface area (Å²) in [6, 6.07) is 3.75. The van der Waals surface area contributed by atoms with E-state index in [-0.39, 0.29) is 16.9 Å². The first-order valence-electron chi connectivity index (χ1n) is 10.7. The Morgan fingerprint density at radius 1 is 1.06 bits per heavy atom. The summed E-state index contributed by atoms with van der Waals surface area (Å²) in [5, 5.41) is 0.0913. The molecule has 4 heterocycles. The predicted octanol–water partition coefficient (Wildman–Crippen LogP) is 2.40. The van der Waals surface area contributed by atoms with E-state index in [0.717, 1.165) is 17.8 Å². The lowest BCUT2D eigenvalue weighted by atomic mass is 9.90. The number of hydrogen-bond donors (Lipinski definition) is 0. The fourth-order valence-electron chi connectivity index (χ4n) is 4.22. The minimum Gasteiger partial charge on any atom is -0.337 e. The van der Waals surface area contributed by atoms with Crippen LogP contribution in [0.25, 0.3) is 0 Å². The lowest BCUT2D eigenvalue weighted by molar-refractivity contribution is 0.0768. The van der Waals surface area contributed by atoms with Crippen LogP contribution in [0, 0.1) is 13.8 Å². The third-order valence-corrected chi connectivity index (χ3v) is 7.94. The smallest absolute Gasteiger partial charge is 0.262 e. The molecule has 9 heteroatoms. The second kappa shape index (κ2) is 8.55. The van der Waals surface area contributed by atoms with Crippen molar-refractivity contribution in [3.05, 3.63) is 53.3 Å². The molecule has 2 aromatic rings. The summed E-state index contributed by atoms with van der Waals surface area (Å²) in [4.78, 5) is 23.9. The van der Waals surface area contributed by atoms with Crippen LogP contribution in [-0.4, -0.2) is 64.2 Å². The molecule has 1 saturated heterocycles. The molecular weight excluding hydrogens is 414 g/mol. The maximum absolute atomic E-state index is 13.2. The Hall–Kier alpha value is -2.52. The Balaban J connectivity index is 1.53. The van der Waals surface area contributed by atoms with Crippen LogP contribution < -0.4 is 0 Å². The van der Waals surface area contributed by atoms with Crippen LogP contribution >= 0.6 is 0 Å². The molecule has 0 aromatic carbocycles. The number of pyridine rings is 1. The maximum Gasteiger partial charge on any atom is 0.262 e. The van der Waals surface area contributed by atoms with Crippen molar-refractivity contribution in [3.63, 3.8) is 0 Å². The van der Waals surface area contributed by atoms with Crippen molar-refractivity contribution < 1.29 is 13.2 Å². The minimum absolute atomic E-state index is 0.00543. The van der Waals surface area contributed by atoms with Gasteiger partial charge in [0.2, 0.25) is 0 Å². The number of nitrogens with zero attached hydrogens (tertiary/aromatic N) is 5. The number of piperidine rings is 1. The van der Waals surface area contributed by atoms with Gasteiger partial charge in [-0.25, -0.2) is 13.4 Å². The Kier molecular flexibility index (Phi) is 5.98. The van der Waals surface area contributed by atoms with Crippen molar-refractivity contribution in [2.75, 3.05) is 26.2 Å². The van der Waals surface area contributed by atoms with Gasteiger partial charge in [-0.2, -0.15) is 4.31 Å². The van der Waals surface area contributed by atoms with E-state index in [2.05, 4.69) is 11.1 Å². The second-order valence-electron chi connectivity index (χ2n) is 8.31. The van der Waals surface area contributed by atoms with Crippen LogP contribution in [0.4, 0.5) is 0 Å². The number of imidazole rings is 1. The average molecular weight is 444 g/mol. The number of amides is 1. The molecule has 166 valence electrons. The molecular formula is C22H29N5O3S. The van der Waals surface area contributed by atoms with E-state index in [1.807, 2.05) is 30.0 Å². The number of carbonyl (C=O) groups excluding carboxylic acids is 1. The lowest BCUT2D eigenvalue weighted by Gasteiger charge is -2.32. The van der Waals surface area contributed by atoms with Gasteiger partial charge in [-0.05, 0) is 45.2 Å². The molecule has 0 saturated carbocycles. The van der Waals surface area contributed by atoms with Gasteiger partial charge in [-0.15, -0.1) is 0 Å². The highest BCUT2D eigenvalue weighted by Crippen LogP contribution is 2.32. The van der Waals surface area contributed by atoms with Gasteiger partial charge in [0.05, 0.1) is 11.3 Å². The van der Waals surface area contributed by atoms with Crippen LogP contribution in [0.3, 0.4) is 0 Å². The van der Waals surface area contributed by atoms with Crippen molar-refractivity contribution >= 4 is 15.9 Å². The molecule has 0 radical (unpaired) electrons. The molecule has 2 aliphatic heterocycles. The summed E-state index contributed by atoms with van der Waals surface area (Å²) in [5.74, 6) is 0.718. The van der Waals surface area contributed by atoms with Gasteiger partial charge in [0.1, 0.15) is 5.82 Å². The standard InChI is InChI=1S/C22H29N5O3S/c1-16-7-8-19(22(28)26-11-5-4-6-12-26)21(23-16)18-9-13-27(14-10-18)31(29,30)20-15-25(3)17(2)24-20/h4-5,7-8,15,18H,6,9-14H2,1-3H3. The number of carbonyl (C=O) groups is 1. The zero-order valence-corrected chi connectivity index (χ0v) is 19.1. The summed E-state index contributed by atoms with van der Waals surface area (Å²) >= 11 is 0. The van der Waals surface area contributed by atoms with Gasteiger partial charge in [0, 0.05) is 51.0 Å². The SMILES string of the molecule is Cc1ccc(C(=O)N2CC=CCC2)c(C2CCN(S(=O)(=O)c3cn(C)c(C)n3)CC2)n1. The molecule has 4 rings (SSSR count). The zero-order chi connectivity index (χ0) is 22.2. The molecule has 0 N–H and O–H groups in total. The molecule has 0 unspecified atom stereocenters. The molecule has 31 heavy (non-hydrogen) atoms. The molecule has 0 aliphatic carbocycles. The van der Waals surface area contributed by atoms with E-state index in [4.69, 9.17) is 4.98 Å². The molecule has 1 amide bonds. The van der Waals surface area contributed by atoms with E-state index in [1.165, 1.54) is 4.31 Å². The Morgan fingerprint density at radius 2 is 1.81 bits per heavy atom. The van der Waals surface area contributed by atoms with E-state index in [1.54, 1.807) is 24.7 Å². The summed E-state index contributed by atoms with van der Waals surface area (Å²) < 4.78 is 29.2. The van der Waals surface area contributed by atoms with E-state index < -0.39 is 10.0 Å². The van der Waals surface area contributed by atoms with Crippen molar-refractivity contribution in [2.45, 2.75) is 44.1 Å². The average Bonchev–Trinajstić information content (AvgIpc) is 3.13. The quantitative estimate of drug-likeness (QED) is 0.677. The fraction of sp³-hybridized carbons (Fsp3) is 0.500. The van der Waals surface area contributed by atoms with E-state index >= 15 is 0 Å². The van der Waals surface area contributed by atoms with Crippen molar-refractivity contribution in [2.24, 2.45) is 7.05 Å². The third-order valence-electron chi connectivity index (χ3n) is 6.17. The van der Waals surface area contributed by atoms with Crippen LogP contribution in [0.1, 0.15) is 52.8 Å². The van der Waals surface area contributed by atoms with Crippen LogP contribution in [0.2, 0.25) is 0 Å². The Labute approximate surface area is 183 Å². The van der Waals surface area contributed by atoms with Crippen LogP contribution in [0.15, 0.2) is 35.5 Å². The van der Waals surface area contributed by atoms with Crippen molar-refractivity contribution in [1.82, 2.24) is 23.7 Å². The van der Waals surface area contributed by atoms with Gasteiger partial charge in [-0.3, -0.25) is 9.78 Å². The number of aryl methyl sites for hydroxylation is 3. The highest BCUT2D eigenvalue weighted by Gasteiger charge is 2.34. The van der Waals surface area contributed by atoms with Crippen molar-refractivity contribution in [3.8, 4) is 0 Å². The van der Waals surface area contributed by atoms with Crippen molar-refractivity contribution in [1.29, 1.82) is 0 Å². The molecule has 0 spiro atoms. The second-order valence-corrected chi connectivity index (χ2v) is 10.2. The van der Waals surface area contributed by atoms with Gasteiger partial charge >= 0.3 is 0 Å². The topological polar surface area (TPSA) is 88.4 Å². The van der Waals surface area contributed by atoms with Gasteiger partial charge in [0.25, 0.3) is 15.9 Å². The summed E-state index contributed by atoms with van der Waals surface area (Å²) in [6.45, 7) is 5.81. The lowest BCUT2D eigenvalue weighted by Crippen LogP contribution is -2.39. The molecule has 0 atom stereocenters. The first-order valence-corrected chi connectivity index (χ1v) is 12.1. The number of rotatable bonds is 4. The molecule has 2 aromatic heterocycles. The normalized spacial score (nSPS) is 18.5. The van der Waals surface area contributed by atoms with Crippen LogP contribution in [0.5, 0.6) is 0 Å². The molecule has 2 aliphatic rings. The van der Waals surface area contributed by atoms with E-state index in [9.17, 15) is 13.2 Å².